The minimum atomic E-state index is -1.96. The number of hydrogen-bond acceptors (Lipinski definition) is 5. The first-order chi connectivity index (χ1) is 9.68. The van der Waals surface area contributed by atoms with Gasteiger partial charge in [-0.3, -0.25) is 4.79 Å². The van der Waals surface area contributed by atoms with E-state index in [-0.39, 0.29) is 5.97 Å². The van der Waals surface area contributed by atoms with Crippen LogP contribution >= 0.6 is 0 Å². The third kappa shape index (κ3) is 8.72. The largest absolute Gasteiger partial charge is 0.469 e. The van der Waals surface area contributed by atoms with Crippen molar-refractivity contribution in [3.05, 3.63) is 0 Å². The van der Waals surface area contributed by atoms with E-state index < -0.39 is 16.8 Å². The molecule has 7 heteroatoms. The SMILES string of the molecule is COC(=O)CCCN(CCC[Si](C)(OC)OC)[Si](C)(C)C. The molecule has 0 heterocycles. The van der Waals surface area contributed by atoms with E-state index in [0.29, 0.717) is 6.42 Å². The lowest BCUT2D eigenvalue weighted by Crippen LogP contribution is -2.47. The summed E-state index contributed by atoms with van der Waals surface area (Å²) < 4.78 is 18.3. The zero-order chi connectivity index (χ0) is 16.5. The summed E-state index contributed by atoms with van der Waals surface area (Å²) in [6.45, 7) is 11.1. The molecule has 0 saturated carbocycles. The maximum atomic E-state index is 11.2. The van der Waals surface area contributed by atoms with Crippen molar-refractivity contribution in [2.45, 2.75) is 51.5 Å². The molecule has 0 amide bonds. The van der Waals surface area contributed by atoms with Gasteiger partial charge in [0.2, 0.25) is 0 Å². The minimum absolute atomic E-state index is 0.121. The number of nitrogens with zero attached hydrogens (tertiary/aromatic N) is 1. The van der Waals surface area contributed by atoms with E-state index in [4.69, 9.17) is 13.6 Å². The van der Waals surface area contributed by atoms with Crippen LogP contribution in [0.5, 0.6) is 0 Å². The maximum Gasteiger partial charge on any atom is 0.334 e. The molecule has 0 rings (SSSR count). The van der Waals surface area contributed by atoms with Gasteiger partial charge in [0.25, 0.3) is 0 Å². The summed E-state index contributed by atoms with van der Waals surface area (Å²) in [5.74, 6) is -0.121. The number of carbonyl (C=O) groups is 1. The summed E-state index contributed by atoms with van der Waals surface area (Å²) >= 11 is 0. The number of ether oxygens (including phenoxy) is 1. The second-order valence-corrected chi connectivity index (χ2v) is 15.0. The van der Waals surface area contributed by atoms with Crippen LogP contribution in [0.4, 0.5) is 0 Å². The Labute approximate surface area is 132 Å². The van der Waals surface area contributed by atoms with Crippen LogP contribution in [0.25, 0.3) is 0 Å². The van der Waals surface area contributed by atoms with Crippen molar-refractivity contribution >= 4 is 22.8 Å². The molecule has 0 radical (unpaired) electrons. The van der Waals surface area contributed by atoms with E-state index in [9.17, 15) is 4.79 Å². The molecule has 0 atom stereocenters. The Bertz CT molecular complexity index is 304. The summed E-state index contributed by atoms with van der Waals surface area (Å²) in [6, 6.07) is 0.998. The molecule has 0 fully saturated rings. The molecule has 0 unspecified atom stereocenters. The molecule has 0 aliphatic carbocycles. The van der Waals surface area contributed by atoms with Crippen LogP contribution in [0.2, 0.25) is 32.2 Å². The first kappa shape index (κ1) is 20.8. The van der Waals surface area contributed by atoms with Gasteiger partial charge in [-0.2, -0.15) is 0 Å². The first-order valence-electron chi connectivity index (χ1n) is 7.60. The fraction of sp³-hybridized carbons (Fsp3) is 0.929. The molecule has 0 N–H and O–H groups in total. The Kier molecular flexibility index (Phi) is 9.63. The Morgan fingerprint density at radius 3 is 1.90 bits per heavy atom. The van der Waals surface area contributed by atoms with Gasteiger partial charge in [-0.05, 0) is 38.5 Å². The molecular formula is C14H33NO4Si2. The molecular weight excluding hydrogens is 302 g/mol. The quantitative estimate of drug-likeness (QED) is 0.429. The van der Waals surface area contributed by atoms with Gasteiger partial charge in [-0.15, -0.1) is 0 Å². The van der Waals surface area contributed by atoms with Gasteiger partial charge >= 0.3 is 14.5 Å². The van der Waals surface area contributed by atoms with Crippen LogP contribution < -0.4 is 0 Å². The minimum Gasteiger partial charge on any atom is -0.469 e. The first-order valence-corrected chi connectivity index (χ1v) is 13.6. The van der Waals surface area contributed by atoms with Crippen molar-refractivity contribution < 1.29 is 18.4 Å². The molecule has 0 bridgehead atoms. The van der Waals surface area contributed by atoms with E-state index in [0.717, 1.165) is 32.0 Å². The van der Waals surface area contributed by atoms with Crippen molar-refractivity contribution in [1.82, 2.24) is 4.57 Å². The van der Waals surface area contributed by atoms with Crippen LogP contribution in [-0.4, -0.2) is 61.8 Å². The third-order valence-electron chi connectivity index (χ3n) is 3.91. The van der Waals surface area contributed by atoms with Crippen molar-refractivity contribution in [2.75, 3.05) is 34.4 Å². The number of methoxy groups -OCH3 is 1. The van der Waals surface area contributed by atoms with E-state index in [2.05, 4.69) is 30.8 Å². The van der Waals surface area contributed by atoms with Crippen LogP contribution in [-0.2, 0) is 18.4 Å². The van der Waals surface area contributed by atoms with E-state index in [1.165, 1.54) is 7.11 Å². The van der Waals surface area contributed by atoms with Crippen molar-refractivity contribution in [2.24, 2.45) is 0 Å². The van der Waals surface area contributed by atoms with Gasteiger partial charge in [0.15, 0.2) is 0 Å². The van der Waals surface area contributed by atoms with Crippen LogP contribution in [0.1, 0.15) is 19.3 Å². The average Bonchev–Trinajstić information content (AvgIpc) is 2.43. The molecule has 0 saturated heterocycles. The smallest absolute Gasteiger partial charge is 0.334 e. The second-order valence-electron chi connectivity index (χ2n) is 6.48. The monoisotopic (exact) mass is 335 g/mol. The standard InChI is InChI=1S/C14H33NO4Si2/c1-17-14(16)10-8-11-15(20(4,5)6)12-9-13-21(7,18-2)19-3/h8-13H2,1-7H3. The number of hydrogen-bond donors (Lipinski definition) is 0. The fourth-order valence-electron chi connectivity index (χ4n) is 2.18. The van der Waals surface area contributed by atoms with Gasteiger partial charge in [-0.1, -0.05) is 19.6 Å². The van der Waals surface area contributed by atoms with Crippen molar-refractivity contribution in [1.29, 1.82) is 0 Å². The molecule has 21 heavy (non-hydrogen) atoms. The summed E-state index contributed by atoms with van der Waals surface area (Å²) in [4.78, 5) is 11.2. The third-order valence-corrected chi connectivity index (χ3v) is 9.24. The molecule has 0 aliphatic rings. The van der Waals surface area contributed by atoms with Gasteiger partial charge in [0.1, 0.15) is 8.24 Å². The molecule has 0 spiro atoms. The van der Waals surface area contributed by atoms with E-state index >= 15 is 0 Å². The summed E-state index contributed by atoms with van der Waals surface area (Å²) in [5.41, 5.74) is 0. The zero-order valence-corrected chi connectivity index (χ0v) is 16.8. The molecule has 0 aliphatic heterocycles. The summed E-state index contributed by atoms with van der Waals surface area (Å²) in [5, 5.41) is 0. The van der Waals surface area contributed by atoms with Gasteiger partial charge in [-0.25, -0.2) is 0 Å². The number of rotatable bonds is 11. The Morgan fingerprint density at radius 2 is 1.48 bits per heavy atom. The molecule has 0 aromatic heterocycles. The van der Waals surface area contributed by atoms with E-state index in [1.54, 1.807) is 14.2 Å². The highest BCUT2D eigenvalue weighted by Crippen LogP contribution is 2.17. The van der Waals surface area contributed by atoms with Gasteiger partial charge in [0, 0.05) is 20.6 Å². The summed E-state index contributed by atoms with van der Waals surface area (Å²) in [6.07, 6.45) is 2.44. The lowest BCUT2D eigenvalue weighted by Gasteiger charge is -2.35. The van der Waals surface area contributed by atoms with Crippen LogP contribution in [0.3, 0.4) is 0 Å². The molecule has 0 aromatic carbocycles. The average molecular weight is 336 g/mol. The number of esters is 1. The lowest BCUT2D eigenvalue weighted by atomic mass is 10.3. The van der Waals surface area contributed by atoms with Crippen molar-refractivity contribution in [3.8, 4) is 0 Å². The summed E-state index contributed by atoms with van der Waals surface area (Å²) in [7, 11) is 1.59. The topological polar surface area (TPSA) is 48.0 Å². The Hall–Kier alpha value is -0.216. The lowest BCUT2D eigenvalue weighted by molar-refractivity contribution is -0.140. The van der Waals surface area contributed by atoms with Crippen molar-refractivity contribution in [3.63, 3.8) is 0 Å². The molecule has 0 aromatic rings. The van der Waals surface area contributed by atoms with Crippen LogP contribution in [0.15, 0.2) is 0 Å². The van der Waals surface area contributed by atoms with E-state index in [1.807, 2.05) is 0 Å². The van der Waals surface area contributed by atoms with Crippen LogP contribution in [0, 0.1) is 0 Å². The zero-order valence-electron chi connectivity index (χ0n) is 14.8. The fourth-order valence-corrected chi connectivity index (χ4v) is 5.21. The Morgan fingerprint density at radius 1 is 0.952 bits per heavy atom. The Balaban J connectivity index is 4.29. The van der Waals surface area contributed by atoms with Gasteiger partial charge in [0.05, 0.1) is 7.11 Å². The number of carbonyl (C=O) groups excluding carboxylic acids is 1. The highest BCUT2D eigenvalue weighted by molar-refractivity contribution is 6.73. The molecule has 126 valence electrons. The second kappa shape index (κ2) is 9.73. The predicted octanol–water partition coefficient (Wildman–Crippen LogP) is 2.83. The van der Waals surface area contributed by atoms with Gasteiger partial charge < -0.3 is 18.2 Å². The highest BCUT2D eigenvalue weighted by Gasteiger charge is 2.29. The highest BCUT2D eigenvalue weighted by atomic mass is 28.4. The normalized spacial score (nSPS) is 12.8. The predicted molar refractivity (Wildman–Crippen MR) is 91.2 cm³/mol. The molecule has 5 nitrogen and oxygen atoms in total. The maximum absolute atomic E-state index is 11.2.